The van der Waals surface area contributed by atoms with Crippen LogP contribution >= 0.6 is 0 Å². The van der Waals surface area contributed by atoms with Crippen LogP contribution in [0.25, 0.3) is 5.69 Å². The second-order valence-corrected chi connectivity index (χ2v) is 5.47. The van der Waals surface area contributed by atoms with Gasteiger partial charge in [-0.25, -0.2) is 4.39 Å². The second-order valence-electron chi connectivity index (χ2n) is 5.47. The predicted octanol–water partition coefficient (Wildman–Crippen LogP) is 1.25. The van der Waals surface area contributed by atoms with Gasteiger partial charge < -0.3 is 10.0 Å². The van der Waals surface area contributed by atoms with Crippen molar-refractivity contribution in [2.75, 3.05) is 13.6 Å². The van der Waals surface area contributed by atoms with Gasteiger partial charge in [0.05, 0.1) is 17.5 Å². The number of amides is 1. The molecule has 21 heavy (non-hydrogen) atoms. The molecule has 0 saturated carbocycles. The molecule has 2 rings (SSSR count). The van der Waals surface area contributed by atoms with Crippen molar-refractivity contribution in [2.45, 2.75) is 19.4 Å². The number of likely N-dealkylation sites (N-methyl/N-ethyl adjacent to an activating group) is 1. The monoisotopic (exact) mass is 292 g/mol. The van der Waals surface area contributed by atoms with Crippen LogP contribution in [0.3, 0.4) is 0 Å². The van der Waals surface area contributed by atoms with Crippen molar-refractivity contribution >= 4 is 5.91 Å². The predicted molar refractivity (Wildman–Crippen MR) is 74.6 cm³/mol. The Kier molecular flexibility index (Phi) is 4.04. The Morgan fingerprint density at radius 2 is 2.00 bits per heavy atom. The van der Waals surface area contributed by atoms with Crippen LogP contribution in [-0.2, 0) is 0 Å². The molecule has 1 aromatic heterocycles. The summed E-state index contributed by atoms with van der Waals surface area (Å²) in [7, 11) is 1.58. The Bertz CT molecular complexity index is 631. The summed E-state index contributed by atoms with van der Waals surface area (Å²) in [5.41, 5.74) is -0.274. The van der Waals surface area contributed by atoms with Gasteiger partial charge in [-0.1, -0.05) is 0 Å². The smallest absolute Gasteiger partial charge is 0.275 e. The fraction of sp³-hybridized carbons (Fsp3) is 0.357. The van der Waals surface area contributed by atoms with Gasteiger partial charge in [-0.15, -0.1) is 5.10 Å². The van der Waals surface area contributed by atoms with Gasteiger partial charge in [0.25, 0.3) is 5.91 Å². The summed E-state index contributed by atoms with van der Waals surface area (Å²) >= 11 is 0. The Labute approximate surface area is 121 Å². The number of benzene rings is 1. The number of nitrogens with zero attached hydrogens (tertiary/aromatic N) is 4. The number of rotatable bonds is 4. The van der Waals surface area contributed by atoms with E-state index in [4.69, 9.17) is 0 Å². The number of carbonyl (C=O) groups excluding carboxylic acids is 1. The van der Waals surface area contributed by atoms with E-state index in [0.29, 0.717) is 5.69 Å². The number of hydrogen-bond donors (Lipinski definition) is 1. The molecule has 0 spiro atoms. The normalized spacial score (nSPS) is 11.5. The van der Waals surface area contributed by atoms with Gasteiger partial charge >= 0.3 is 0 Å². The molecule has 112 valence electrons. The zero-order valence-corrected chi connectivity index (χ0v) is 12.1. The van der Waals surface area contributed by atoms with E-state index in [9.17, 15) is 14.3 Å². The SMILES string of the molecule is CN(CC(C)(C)O)C(=O)c1cnn(-c2ccc(F)cc2)n1. The molecule has 0 fully saturated rings. The van der Waals surface area contributed by atoms with Crippen LogP contribution in [-0.4, -0.2) is 50.1 Å². The fourth-order valence-electron chi connectivity index (χ4n) is 1.91. The van der Waals surface area contributed by atoms with Gasteiger partial charge in [-0.3, -0.25) is 4.79 Å². The lowest BCUT2D eigenvalue weighted by molar-refractivity contribution is 0.0364. The van der Waals surface area contributed by atoms with E-state index in [1.807, 2.05) is 0 Å². The zero-order valence-electron chi connectivity index (χ0n) is 12.1. The minimum Gasteiger partial charge on any atom is -0.389 e. The largest absolute Gasteiger partial charge is 0.389 e. The number of carbonyl (C=O) groups is 1. The maximum atomic E-state index is 12.9. The molecular formula is C14H17FN4O2. The molecule has 0 aliphatic rings. The molecule has 7 heteroatoms. The number of halogens is 1. The van der Waals surface area contributed by atoms with Crippen molar-refractivity contribution in [3.8, 4) is 5.69 Å². The lowest BCUT2D eigenvalue weighted by Crippen LogP contribution is -2.39. The number of aromatic nitrogens is 3. The molecule has 1 heterocycles. The van der Waals surface area contributed by atoms with Gasteiger partial charge in [0.1, 0.15) is 5.82 Å². The van der Waals surface area contributed by atoms with Crippen LogP contribution in [0.5, 0.6) is 0 Å². The summed E-state index contributed by atoms with van der Waals surface area (Å²) in [6.07, 6.45) is 1.34. The van der Waals surface area contributed by atoms with Gasteiger partial charge in [0, 0.05) is 13.6 Å². The van der Waals surface area contributed by atoms with Gasteiger partial charge in [-0.05, 0) is 38.1 Å². The standard InChI is InChI=1S/C14H17FN4O2/c1-14(2,21)9-18(3)13(20)12-8-16-19(17-12)11-6-4-10(15)5-7-11/h4-8,21H,9H2,1-3H3. The average molecular weight is 292 g/mol. The van der Waals surface area contributed by atoms with Gasteiger partial charge in [0.15, 0.2) is 5.69 Å². The summed E-state index contributed by atoms with van der Waals surface area (Å²) in [4.78, 5) is 14.8. The van der Waals surface area contributed by atoms with E-state index in [1.54, 1.807) is 20.9 Å². The summed E-state index contributed by atoms with van der Waals surface area (Å²) in [6.45, 7) is 3.41. The first-order valence-corrected chi connectivity index (χ1v) is 6.42. The molecule has 2 aromatic rings. The van der Waals surface area contributed by atoms with Crippen LogP contribution in [0.15, 0.2) is 30.5 Å². The molecule has 1 N–H and O–H groups in total. The third kappa shape index (κ3) is 3.85. The maximum absolute atomic E-state index is 12.9. The molecule has 0 aliphatic carbocycles. The van der Waals surface area contributed by atoms with E-state index in [0.717, 1.165) is 0 Å². The van der Waals surface area contributed by atoms with Crippen molar-refractivity contribution in [3.05, 3.63) is 42.0 Å². The first kappa shape index (κ1) is 15.1. The first-order valence-electron chi connectivity index (χ1n) is 6.42. The van der Waals surface area contributed by atoms with Crippen LogP contribution < -0.4 is 0 Å². The molecule has 6 nitrogen and oxygen atoms in total. The van der Waals surface area contributed by atoms with Gasteiger partial charge in [0.2, 0.25) is 0 Å². The molecule has 0 radical (unpaired) electrons. The molecule has 0 saturated heterocycles. The molecular weight excluding hydrogens is 275 g/mol. The summed E-state index contributed by atoms with van der Waals surface area (Å²) in [5, 5.41) is 17.8. The van der Waals surface area contributed by atoms with E-state index >= 15 is 0 Å². The fourth-order valence-corrected chi connectivity index (χ4v) is 1.91. The highest BCUT2D eigenvalue weighted by Crippen LogP contribution is 2.09. The highest BCUT2D eigenvalue weighted by atomic mass is 19.1. The summed E-state index contributed by atoms with van der Waals surface area (Å²) in [5.74, 6) is -0.697. The Hall–Kier alpha value is -2.28. The second kappa shape index (κ2) is 5.61. The van der Waals surface area contributed by atoms with Crippen molar-refractivity contribution in [2.24, 2.45) is 0 Å². The lowest BCUT2D eigenvalue weighted by Gasteiger charge is -2.24. The highest BCUT2D eigenvalue weighted by molar-refractivity contribution is 5.91. The Morgan fingerprint density at radius 3 is 2.57 bits per heavy atom. The topological polar surface area (TPSA) is 71.2 Å². The van der Waals surface area contributed by atoms with E-state index in [1.165, 1.54) is 40.2 Å². The molecule has 0 atom stereocenters. The Morgan fingerprint density at radius 1 is 1.38 bits per heavy atom. The zero-order chi connectivity index (χ0) is 15.6. The lowest BCUT2D eigenvalue weighted by atomic mass is 10.1. The summed E-state index contributed by atoms with van der Waals surface area (Å²) < 4.78 is 12.9. The number of hydrogen-bond acceptors (Lipinski definition) is 4. The molecule has 1 amide bonds. The third-order valence-electron chi connectivity index (χ3n) is 2.74. The maximum Gasteiger partial charge on any atom is 0.275 e. The van der Waals surface area contributed by atoms with E-state index in [-0.39, 0.29) is 24.0 Å². The number of aliphatic hydroxyl groups is 1. The third-order valence-corrected chi connectivity index (χ3v) is 2.74. The minimum absolute atomic E-state index is 0.158. The molecule has 0 bridgehead atoms. The van der Waals surface area contributed by atoms with E-state index in [2.05, 4.69) is 10.2 Å². The van der Waals surface area contributed by atoms with Crippen molar-refractivity contribution in [1.29, 1.82) is 0 Å². The van der Waals surface area contributed by atoms with Crippen LogP contribution in [0.4, 0.5) is 4.39 Å². The highest BCUT2D eigenvalue weighted by Gasteiger charge is 2.22. The quantitative estimate of drug-likeness (QED) is 0.920. The average Bonchev–Trinajstić information content (AvgIpc) is 2.86. The van der Waals surface area contributed by atoms with Crippen LogP contribution in [0.2, 0.25) is 0 Å². The minimum atomic E-state index is -0.989. The molecule has 0 aliphatic heterocycles. The van der Waals surface area contributed by atoms with Crippen LogP contribution in [0, 0.1) is 5.82 Å². The molecule has 1 aromatic carbocycles. The van der Waals surface area contributed by atoms with Crippen LogP contribution in [0.1, 0.15) is 24.3 Å². The summed E-state index contributed by atoms with van der Waals surface area (Å²) in [6, 6.07) is 5.62. The van der Waals surface area contributed by atoms with Crippen molar-refractivity contribution < 1.29 is 14.3 Å². The van der Waals surface area contributed by atoms with Crippen molar-refractivity contribution in [3.63, 3.8) is 0 Å². The Balaban J connectivity index is 2.16. The molecule has 0 unspecified atom stereocenters. The van der Waals surface area contributed by atoms with Crippen molar-refractivity contribution in [1.82, 2.24) is 19.9 Å². The van der Waals surface area contributed by atoms with Gasteiger partial charge in [-0.2, -0.15) is 9.90 Å². The van der Waals surface area contributed by atoms with E-state index < -0.39 is 5.60 Å². The first-order chi connectivity index (χ1) is 9.76.